The molecule has 4 nitrogen and oxygen atoms in total. The fraction of sp³-hybridized carbons (Fsp3) is 0.429. The average Bonchev–Trinajstić information content (AvgIpc) is 3.27. The van der Waals surface area contributed by atoms with Crippen LogP contribution in [0.3, 0.4) is 0 Å². The molecule has 0 bridgehead atoms. The van der Waals surface area contributed by atoms with Crippen LogP contribution in [0, 0.1) is 5.41 Å². The first kappa shape index (κ1) is 17.3. The van der Waals surface area contributed by atoms with Gasteiger partial charge in [0.15, 0.2) is 0 Å². The number of amides is 1. The molecule has 2 aliphatic heterocycles. The number of carbonyl (C=O) groups is 2. The van der Waals surface area contributed by atoms with E-state index in [1.54, 1.807) is 11.3 Å². The lowest BCUT2D eigenvalue weighted by Crippen LogP contribution is -2.50. The van der Waals surface area contributed by atoms with Crippen molar-refractivity contribution in [1.29, 1.82) is 0 Å². The summed E-state index contributed by atoms with van der Waals surface area (Å²) >= 11 is 1.62. The summed E-state index contributed by atoms with van der Waals surface area (Å²) in [7, 11) is 0. The number of hydrogen-bond donors (Lipinski definition) is 0. The number of nitrogens with zero attached hydrogens (tertiary/aromatic N) is 2. The van der Waals surface area contributed by atoms with E-state index < -0.39 is 11.0 Å². The highest BCUT2D eigenvalue weighted by Gasteiger charge is 2.61. The van der Waals surface area contributed by atoms with Crippen molar-refractivity contribution in [3.63, 3.8) is 0 Å². The standard InChI is InChI=1S/C21H24N2O2S/c1-4-8-15(24)13-21(18-11-7-12-26-18)16-9-5-6-10-17(16)22-14-20(2,3)19(25)23(21)22/h5-7,9-12H,4,8,13-14H2,1-3H3. The Morgan fingerprint density at radius 1 is 1.19 bits per heavy atom. The number of benzene rings is 1. The van der Waals surface area contributed by atoms with Crippen LogP contribution in [0.1, 0.15) is 50.5 Å². The number of para-hydroxylation sites is 1. The minimum Gasteiger partial charge on any atom is -0.300 e. The van der Waals surface area contributed by atoms with Crippen molar-refractivity contribution in [1.82, 2.24) is 5.01 Å². The first-order valence-corrected chi connectivity index (χ1v) is 10.1. The summed E-state index contributed by atoms with van der Waals surface area (Å²) in [5, 5.41) is 6.01. The summed E-state index contributed by atoms with van der Waals surface area (Å²) in [5.74, 6) is 0.293. The van der Waals surface area contributed by atoms with Crippen molar-refractivity contribution in [3.8, 4) is 0 Å². The second kappa shape index (κ2) is 5.95. The van der Waals surface area contributed by atoms with Crippen molar-refractivity contribution >= 4 is 28.7 Å². The summed E-state index contributed by atoms with van der Waals surface area (Å²) in [6.07, 6.45) is 1.70. The quantitative estimate of drug-likeness (QED) is 0.787. The van der Waals surface area contributed by atoms with Gasteiger partial charge in [0.25, 0.3) is 0 Å². The summed E-state index contributed by atoms with van der Waals surface area (Å²) < 4.78 is 0. The highest BCUT2D eigenvalue weighted by atomic mass is 32.1. The molecular formula is C21H24N2O2S. The lowest BCUT2D eigenvalue weighted by atomic mass is 9.80. The van der Waals surface area contributed by atoms with Crippen molar-refractivity contribution in [2.24, 2.45) is 5.41 Å². The number of hydrogen-bond acceptors (Lipinski definition) is 4. The Morgan fingerprint density at radius 2 is 1.96 bits per heavy atom. The third-order valence-corrected chi connectivity index (χ3v) is 6.48. The number of ketones is 1. The van der Waals surface area contributed by atoms with Crippen LogP contribution in [0.5, 0.6) is 0 Å². The van der Waals surface area contributed by atoms with E-state index in [0.717, 1.165) is 22.5 Å². The summed E-state index contributed by atoms with van der Waals surface area (Å²) in [6, 6.07) is 12.2. The molecule has 1 aromatic heterocycles. The van der Waals surface area contributed by atoms with Gasteiger partial charge in [-0.25, -0.2) is 5.01 Å². The van der Waals surface area contributed by atoms with Gasteiger partial charge in [-0.15, -0.1) is 11.3 Å². The van der Waals surface area contributed by atoms with Crippen LogP contribution in [0.2, 0.25) is 0 Å². The molecule has 4 rings (SSSR count). The lowest BCUT2D eigenvalue weighted by molar-refractivity contribution is -0.139. The van der Waals surface area contributed by atoms with E-state index in [9.17, 15) is 9.59 Å². The molecule has 1 unspecified atom stereocenters. The van der Waals surface area contributed by atoms with Gasteiger partial charge in [-0.1, -0.05) is 31.2 Å². The largest absolute Gasteiger partial charge is 0.300 e. The molecule has 0 radical (unpaired) electrons. The van der Waals surface area contributed by atoms with Gasteiger partial charge in [-0.3, -0.25) is 14.6 Å². The lowest BCUT2D eigenvalue weighted by Gasteiger charge is -2.38. The third kappa shape index (κ3) is 2.26. The Morgan fingerprint density at radius 3 is 2.65 bits per heavy atom. The molecule has 1 fully saturated rings. The van der Waals surface area contributed by atoms with Gasteiger partial charge >= 0.3 is 0 Å². The van der Waals surface area contributed by atoms with Crippen LogP contribution < -0.4 is 5.01 Å². The van der Waals surface area contributed by atoms with E-state index in [1.165, 1.54) is 0 Å². The summed E-state index contributed by atoms with van der Waals surface area (Å²) in [6.45, 7) is 6.64. The number of carbonyl (C=O) groups excluding carboxylic acids is 2. The van der Waals surface area contributed by atoms with Crippen LogP contribution in [-0.4, -0.2) is 23.2 Å². The molecule has 1 aromatic carbocycles. The SMILES string of the molecule is CCCC(=O)CC1(c2cccs2)c2ccccc2N2CC(C)(C)C(=O)N21. The van der Waals surface area contributed by atoms with E-state index in [1.807, 2.05) is 49.4 Å². The Kier molecular flexibility index (Phi) is 3.95. The van der Waals surface area contributed by atoms with Gasteiger partial charge in [0, 0.05) is 23.3 Å². The maximum Gasteiger partial charge on any atom is 0.249 e. The van der Waals surface area contributed by atoms with Crippen LogP contribution in [-0.2, 0) is 15.1 Å². The van der Waals surface area contributed by atoms with Gasteiger partial charge < -0.3 is 0 Å². The second-order valence-corrected chi connectivity index (χ2v) is 8.83. The molecule has 0 saturated carbocycles. The zero-order valence-corrected chi connectivity index (χ0v) is 16.3. The number of Topliss-reactive ketones (excluding diaryl/α,β-unsaturated/α-hetero) is 1. The average molecular weight is 369 g/mol. The Bertz CT molecular complexity index is 859. The second-order valence-electron chi connectivity index (χ2n) is 7.88. The minimum absolute atomic E-state index is 0.0893. The van der Waals surface area contributed by atoms with Gasteiger partial charge in [-0.05, 0) is 37.8 Å². The molecule has 0 spiro atoms. The molecule has 1 atom stereocenters. The fourth-order valence-electron chi connectivity index (χ4n) is 4.30. The number of thiophene rings is 1. The van der Waals surface area contributed by atoms with E-state index in [-0.39, 0.29) is 11.7 Å². The number of hydrazine groups is 1. The maximum atomic E-state index is 13.4. The summed E-state index contributed by atoms with van der Waals surface area (Å²) in [5.41, 5.74) is 0.922. The highest BCUT2D eigenvalue weighted by Crippen LogP contribution is 2.56. The Labute approximate surface area is 158 Å². The predicted molar refractivity (Wildman–Crippen MR) is 104 cm³/mol. The van der Waals surface area contributed by atoms with Crippen molar-refractivity contribution < 1.29 is 9.59 Å². The van der Waals surface area contributed by atoms with Crippen LogP contribution in [0.4, 0.5) is 5.69 Å². The predicted octanol–water partition coefficient (Wildman–Crippen LogP) is 4.35. The van der Waals surface area contributed by atoms with E-state index in [0.29, 0.717) is 19.4 Å². The zero-order chi connectivity index (χ0) is 18.5. The van der Waals surface area contributed by atoms with Crippen LogP contribution >= 0.6 is 11.3 Å². The first-order valence-electron chi connectivity index (χ1n) is 9.19. The monoisotopic (exact) mass is 368 g/mol. The fourth-order valence-corrected chi connectivity index (χ4v) is 5.23. The van der Waals surface area contributed by atoms with E-state index in [4.69, 9.17) is 0 Å². The molecule has 26 heavy (non-hydrogen) atoms. The number of anilines is 1. The first-order chi connectivity index (χ1) is 12.4. The maximum absolute atomic E-state index is 13.4. The van der Waals surface area contributed by atoms with Crippen LogP contribution in [0.25, 0.3) is 0 Å². The van der Waals surface area contributed by atoms with Gasteiger partial charge in [-0.2, -0.15) is 0 Å². The van der Waals surface area contributed by atoms with Gasteiger partial charge in [0.2, 0.25) is 5.91 Å². The van der Waals surface area contributed by atoms with Crippen molar-refractivity contribution in [3.05, 3.63) is 52.2 Å². The van der Waals surface area contributed by atoms with Gasteiger partial charge in [0.05, 0.1) is 17.6 Å². The smallest absolute Gasteiger partial charge is 0.249 e. The Balaban J connectivity index is 1.96. The molecule has 2 aliphatic rings. The zero-order valence-electron chi connectivity index (χ0n) is 15.5. The molecule has 3 heterocycles. The molecule has 136 valence electrons. The minimum atomic E-state index is -0.720. The molecular weight excluding hydrogens is 344 g/mol. The normalized spacial score (nSPS) is 23.3. The Hall–Kier alpha value is -2.14. The van der Waals surface area contributed by atoms with E-state index >= 15 is 0 Å². The van der Waals surface area contributed by atoms with Crippen molar-refractivity contribution in [2.75, 3.05) is 11.6 Å². The molecule has 1 saturated heterocycles. The molecule has 5 heteroatoms. The highest BCUT2D eigenvalue weighted by molar-refractivity contribution is 7.10. The summed E-state index contributed by atoms with van der Waals surface area (Å²) in [4.78, 5) is 27.3. The van der Waals surface area contributed by atoms with E-state index in [2.05, 4.69) is 23.2 Å². The van der Waals surface area contributed by atoms with Crippen LogP contribution in [0.15, 0.2) is 41.8 Å². The number of rotatable bonds is 5. The van der Waals surface area contributed by atoms with Crippen molar-refractivity contribution in [2.45, 2.75) is 45.6 Å². The third-order valence-electron chi connectivity index (χ3n) is 5.46. The molecule has 0 N–H and O–H groups in total. The number of fused-ring (bicyclic) bond motifs is 3. The van der Waals surface area contributed by atoms with Gasteiger partial charge in [0.1, 0.15) is 11.3 Å². The molecule has 2 aromatic rings. The topological polar surface area (TPSA) is 40.6 Å². The molecule has 0 aliphatic carbocycles. The molecule has 1 amide bonds.